The molecule has 5 bridgehead atoms. The minimum absolute atomic E-state index is 0.0221. The monoisotopic (exact) mass is 928 g/mol. The van der Waals surface area contributed by atoms with Crippen molar-refractivity contribution in [2.24, 2.45) is 28.7 Å². The van der Waals surface area contributed by atoms with Crippen LogP contribution >= 0.6 is 0 Å². The highest BCUT2D eigenvalue weighted by Crippen LogP contribution is 2.50. The zero-order valence-corrected chi connectivity index (χ0v) is 40.3. The Morgan fingerprint density at radius 3 is 2.34 bits per heavy atom. The first kappa shape index (κ1) is 49.5. The van der Waals surface area contributed by atoms with Gasteiger partial charge in [-0.25, -0.2) is 0 Å². The molecular formula is C50H68N6O11. The van der Waals surface area contributed by atoms with E-state index in [0.29, 0.717) is 58.0 Å². The molecule has 1 unspecified atom stereocenters. The predicted molar refractivity (Wildman–Crippen MR) is 249 cm³/mol. The van der Waals surface area contributed by atoms with Crippen LogP contribution in [0.4, 0.5) is 0 Å². The van der Waals surface area contributed by atoms with Crippen LogP contribution in [0.3, 0.4) is 0 Å². The zero-order valence-electron chi connectivity index (χ0n) is 40.3. The van der Waals surface area contributed by atoms with Crippen molar-refractivity contribution < 1.29 is 53.5 Å². The topological polar surface area (TPSA) is 220 Å². The Morgan fingerprint density at radius 2 is 1.67 bits per heavy atom. The molecule has 17 heteroatoms. The summed E-state index contributed by atoms with van der Waals surface area (Å²) < 4.78 is 18.3. The largest absolute Gasteiger partial charge is 0.507 e. The van der Waals surface area contributed by atoms with Crippen LogP contribution in [0.2, 0.25) is 0 Å². The number of carbonyl (C=O) groups excluding carboxylic acids is 5. The quantitative estimate of drug-likeness (QED) is 0.209. The van der Waals surface area contributed by atoms with Crippen LogP contribution < -0.4 is 15.4 Å². The molecule has 0 aromatic heterocycles. The number of rotatable bonds is 5. The number of aromatic hydroxyl groups is 1. The third-order valence-corrected chi connectivity index (χ3v) is 14.2. The third-order valence-electron chi connectivity index (χ3n) is 14.2. The van der Waals surface area contributed by atoms with Crippen LogP contribution in [0.1, 0.15) is 112 Å². The van der Waals surface area contributed by atoms with Crippen molar-refractivity contribution in [1.82, 2.24) is 25.3 Å². The molecule has 8 rings (SSSR count). The van der Waals surface area contributed by atoms with Gasteiger partial charge in [-0.2, -0.15) is 0 Å². The number of phenolic OH excluding ortho intramolecular Hbond substituents is 1. The summed E-state index contributed by atoms with van der Waals surface area (Å²) in [6.07, 6.45) is 5.62. The summed E-state index contributed by atoms with van der Waals surface area (Å²) in [4.78, 5) is 81.2. The number of aliphatic hydroxyl groups excluding tert-OH is 2. The van der Waals surface area contributed by atoms with E-state index in [9.17, 15) is 39.3 Å². The van der Waals surface area contributed by atoms with Crippen LogP contribution in [0.15, 0.2) is 52.5 Å². The number of likely N-dealkylation sites (N-methyl/N-ethyl adjacent to an activating group) is 1. The Kier molecular flexibility index (Phi) is 14.6. The number of fused-ring (bicyclic) bond motifs is 13. The fourth-order valence-electron chi connectivity index (χ4n) is 9.79. The maximum Gasteiger partial charge on any atom is 0.315 e. The lowest BCUT2D eigenvalue weighted by atomic mass is 9.82. The van der Waals surface area contributed by atoms with Gasteiger partial charge in [-0.1, -0.05) is 52.8 Å². The Labute approximate surface area is 393 Å². The summed E-state index contributed by atoms with van der Waals surface area (Å²) in [5, 5.41) is 41.1. The Balaban J connectivity index is 1.24. The number of aliphatic imine (C=N–C) groups is 1. The second kappa shape index (κ2) is 19.7. The molecule has 1 aromatic rings. The van der Waals surface area contributed by atoms with Crippen LogP contribution in [-0.2, 0) is 23.9 Å². The molecule has 364 valence electrons. The Morgan fingerprint density at radius 1 is 0.985 bits per heavy atom. The normalized spacial score (nSPS) is 31.3. The molecule has 0 saturated carbocycles. The number of nitrogens with zero attached hydrogens (tertiary/aromatic N) is 4. The molecule has 1 aromatic carbocycles. The van der Waals surface area contributed by atoms with Crippen LogP contribution in [0.25, 0.3) is 0 Å². The SMILES string of the molecule is C/C1=C/C=C/C(C)[C@H](O)[C@@H](C)[C@@H](O)C[C@H](OC(=O)CC(=O)N2CCN(C)CC2)[C@H](C)C/C=C/O[C@@]2(C)Oc3c(C)c(O)c4c(c3C2=O)C2=NC3(CCN(CC(C)C)CC3)NC2=C(NC1=O)C4=O. The number of carbonyl (C=O) groups is 5. The number of piperazine rings is 1. The van der Waals surface area contributed by atoms with Crippen LogP contribution in [0.5, 0.6) is 11.5 Å². The number of hydrogen-bond acceptors (Lipinski definition) is 15. The van der Waals surface area contributed by atoms with Crippen molar-refractivity contribution in [2.45, 2.75) is 117 Å². The molecular weight excluding hydrogens is 861 g/mol. The van der Waals surface area contributed by atoms with Gasteiger partial charge >= 0.3 is 11.8 Å². The van der Waals surface area contributed by atoms with Crippen molar-refractivity contribution in [3.63, 3.8) is 0 Å². The number of nitrogens with one attached hydrogen (secondary N) is 2. The van der Waals surface area contributed by atoms with Crippen molar-refractivity contribution >= 4 is 35.1 Å². The van der Waals surface area contributed by atoms with Gasteiger partial charge in [-0.05, 0) is 45.2 Å². The average molecular weight is 929 g/mol. The number of Topliss-reactive ketones (excluding diaryl/α,β-unsaturated/α-hetero) is 2. The highest BCUT2D eigenvalue weighted by atomic mass is 16.7. The lowest BCUT2D eigenvalue weighted by Crippen LogP contribution is -2.50. The van der Waals surface area contributed by atoms with Crippen LogP contribution in [-0.4, -0.2) is 148 Å². The van der Waals surface area contributed by atoms with E-state index in [1.54, 1.807) is 50.0 Å². The molecule has 7 aliphatic rings. The third kappa shape index (κ3) is 10.1. The van der Waals surface area contributed by atoms with Gasteiger partial charge in [0.25, 0.3) is 11.7 Å². The fraction of sp³-hybridized carbons (Fsp3) is 0.600. The molecule has 1 aliphatic carbocycles. The van der Waals surface area contributed by atoms with Gasteiger partial charge in [0.1, 0.15) is 35.4 Å². The summed E-state index contributed by atoms with van der Waals surface area (Å²) in [5.74, 6) is -6.50. The summed E-state index contributed by atoms with van der Waals surface area (Å²) in [7, 11) is 1.97. The minimum Gasteiger partial charge on any atom is -0.507 e. The van der Waals surface area contributed by atoms with E-state index in [4.69, 9.17) is 19.2 Å². The maximum atomic E-state index is 14.7. The van der Waals surface area contributed by atoms with E-state index < -0.39 is 83.1 Å². The standard InChI is InChI=1S/C50H68N6O11/c1-27(2)26-55-17-15-50(16-18-55)52-40-37-38-44(61)32(7)46-39(37)47(63)49(8,67-46)65-23-11-14-28(3)34(66-36(59)25-35(58)56-21-19-54(9)20-22-56)24-33(57)31(6)43(60)29(4)12-10-13-30(5)48(64)51-42(45(38)62)41(40)53-50/h10-13,23,27-29,31,33-34,43,53,57,60-61H,14-22,24-26H2,1-9H3,(H,51,64)/b12-10+,23-11+,30-13-/t28-,29?,31+,33+,34+,43+,49+/m1/s1. The molecule has 6 heterocycles. The minimum atomic E-state index is -1.95. The fourth-order valence-corrected chi connectivity index (χ4v) is 9.79. The first-order chi connectivity index (χ1) is 31.6. The van der Waals surface area contributed by atoms with Gasteiger partial charge in [-0.3, -0.25) is 29.0 Å². The number of allylic oxidation sites excluding steroid dienone is 5. The first-order valence-corrected chi connectivity index (χ1v) is 23.7. The van der Waals surface area contributed by atoms with E-state index in [1.165, 1.54) is 20.1 Å². The summed E-state index contributed by atoms with van der Waals surface area (Å²) in [6.45, 7) is 18.9. The summed E-state index contributed by atoms with van der Waals surface area (Å²) in [6, 6.07) is 0. The number of likely N-dealkylation sites (tertiary alicyclic amines) is 1. The van der Waals surface area contributed by atoms with Gasteiger partial charge in [0, 0.05) is 101 Å². The smallest absolute Gasteiger partial charge is 0.315 e. The predicted octanol–water partition coefficient (Wildman–Crippen LogP) is 3.89. The number of ether oxygens (including phenoxy) is 3. The van der Waals surface area contributed by atoms with E-state index in [0.717, 1.165) is 6.54 Å². The summed E-state index contributed by atoms with van der Waals surface area (Å²) >= 11 is 0. The number of piperidine rings is 1. The molecule has 17 nitrogen and oxygen atoms in total. The highest BCUT2D eigenvalue weighted by Gasteiger charge is 2.54. The van der Waals surface area contributed by atoms with Crippen molar-refractivity contribution in [3.05, 3.63) is 69.8 Å². The highest BCUT2D eigenvalue weighted by molar-refractivity contribution is 6.34. The Bertz CT molecular complexity index is 2320. The molecule has 2 fully saturated rings. The van der Waals surface area contributed by atoms with Crippen molar-refractivity contribution in [3.8, 4) is 11.5 Å². The molecule has 6 aliphatic heterocycles. The number of hydrogen-bond donors (Lipinski definition) is 5. The van der Waals surface area contributed by atoms with Crippen molar-refractivity contribution in [1.29, 1.82) is 0 Å². The van der Waals surface area contributed by atoms with Crippen LogP contribution in [0, 0.1) is 30.6 Å². The summed E-state index contributed by atoms with van der Waals surface area (Å²) in [5.41, 5.74) is -0.194. The first-order valence-electron chi connectivity index (χ1n) is 23.7. The second-order valence-corrected chi connectivity index (χ2v) is 20.0. The molecule has 0 radical (unpaired) electrons. The lowest BCUT2D eigenvalue weighted by Gasteiger charge is -2.38. The van der Waals surface area contributed by atoms with E-state index in [2.05, 4.69) is 34.3 Å². The maximum absolute atomic E-state index is 14.7. The molecule has 1 spiro atoms. The van der Waals surface area contributed by atoms with E-state index >= 15 is 0 Å². The van der Waals surface area contributed by atoms with E-state index in [1.807, 2.05) is 14.0 Å². The molecule has 2 amide bonds. The second-order valence-electron chi connectivity index (χ2n) is 20.0. The number of amides is 2. The molecule has 67 heavy (non-hydrogen) atoms. The molecule has 5 N–H and O–H groups in total. The van der Waals surface area contributed by atoms with E-state index in [-0.39, 0.29) is 69.4 Å². The molecule has 7 atom stereocenters. The number of benzene rings is 1. The van der Waals surface area contributed by atoms with Gasteiger partial charge in [0.15, 0.2) is 0 Å². The Hall–Kier alpha value is -5.36. The zero-order chi connectivity index (χ0) is 48.7. The molecule has 2 saturated heterocycles. The van der Waals surface area contributed by atoms with Gasteiger partial charge in [-0.15, -0.1) is 0 Å². The number of aliphatic hydroxyl groups is 2. The van der Waals surface area contributed by atoms with Gasteiger partial charge in [0.05, 0.1) is 41.0 Å². The van der Waals surface area contributed by atoms with Gasteiger partial charge in [0.2, 0.25) is 11.7 Å². The lowest BCUT2D eigenvalue weighted by molar-refractivity contribution is -0.158. The average Bonchev–Trinajstić information content (AvgIpc) is 3.78. The van der Waals surface area contributed by atoms with Crippen molar-refractivity contribution in [2.75, 3.05) is 52.9 Å². The van der Waals surface area contributed by atoms with Gasteiger partial charge < -0.3 is 54.9 Å². The number of ketones is 2. The number of esters is 1. The number of phenols is 1.